The van der Waals surface area contributed by atoms with Crippen molar-refractivity contribution in [3.05, 3.63) is 11.6 Å². The Bertz CT molecular complexity index is 560. The molecule has 1 aromatic heterocycles. The molecule has 3 rings (SSSR count). The number of nitrogens with zero attached hydrogens (tertiary/aromatic N) is 2. The van der Waals surface area contributed by atoms with Crippen molar-refractivity contribution in [2.24, 2.45) is 0 Å². The number of carbonyl (C=O) groups is 2. The summed E-state index contributed by atoms with van der Waals surface area (Å²) in [4.78, 5) is 30.7. The molecule has 3 heterocycles. The van der Waals surface area contributed by atoms with Gasteiger partial charge in [-0.1, -0.05) is 0 Å². The number of thiazole rings is 1. The molecule has 132 valence electrons. The van der Waals surface area contributed by atoms with Gasteiger partial charge in [0.2, 0.25) is 5.91 Å². The average molecular weight is 353 g/mol. The monoisotopic (exact) mass is 353 g/mol. The quantitative estimate of drug-likeness (QED) is 0.841. The van der Waals surface area contributed by atoms with Crippen molar-refractivity contribution in [3.8, 4) is 0 Å². The fraction of sp³-hybridized carbons (Fsp3) is 0.688. The van der Waals surface area contributed by atoms with Gasteiger partial charge in [0.1, 0.15) is 12.1 Å². The molecule has 2 saturated heterocycles. The zero-order chi connectivity index (χ0) is 16.9. The maximum Gasteiger partial charge on any atom is 0.252 e. The normalized spacial score (nSPS) is 25.0. The molecule has 7 nitrogen and oxygen atoms in total. The van der Waals surface area contributed by atoms with Crippen LogP contribution in [0.1, 0.15) is 32.6 Å². The molecule has 2 fully saturated rings. The summed E-state index contributed by atoms with van der Waals surface area (Å²) < 4.78 is 11.2. The first kappa shape index (κ1) is 17.3. The van der Waals surface area contributed by atoms with Crippen LogP contribution in [0.4, 0.5) is 5.13 Å². The molecule has 3 atom stereocenters. The van der Waals surface area contributed by atoms with Crippen molar-refractivity contribution < 1.29 is 19.1 Å². The van der Waals surface area contributed by atoms with E-state index >= 15 is 0 Å². The lowest BCUT2D eigenvalue weighted by Crippen LogP contribution is -2.47. The van der Waals surface area contributed by atoms with Crippen LogP contribution in [0.2, 0.25) is 0 Å². The van der Waals surface area contributed by atoms with E-state index in [0.29, 0.717) is 24.7 Å². The molecule has 2 aliphatic rings. The molecule has 0 aliphatic carbocycles. The molecule has 0 radical (unpaired) electrons. The highest BCUT2D eigenvalue weighted by molar-refractivity contribution is 7.13. The number of ether oxygens (including phenoxy) is 2. The van der Waals surface area contributed by atoms with Crippen LogP contribution in [0.25, 0.3) is 0 Å². The number of amides is 2. The van der Waals surface area contributed by atoms with Gasteiger partial charge in [-0.2, -0.15) is 0 Å². The van der Waals surface area contributed by atoms with Gasteiger partial charge in [-0.3, -0.25) is 9.59 Å². The number of hydrogen-bond donors (Lipinski definition) is 1. The van der Waals surface area contributed by atoms with Gasteiger partial charge in [0, 0.05) is 24.7 Å². The fourth-order valence-corrected chi connectivity index (χ4v) is 3.64. The van der Waals surface area contributed by atoms with Gasteiger partial charge in [0.25, 0.3) is 5.91 Å². The topological polar surface area (TPSA) is 80.8 Å². The Morgan fingerprint density at radius 1 is 1.50 bits per heavy atom. The molecule has 8 heteroatoms. The summed E-state index contributed by atoms with van der Waals surface area (Å²) in [7, 11) is 0. The molecule has 2 aliphatic heterocycles. The first-order chi connectivity index (χ1) is 11.6. The Morgan fingerprint density at radius 2 is 2.38 bits per heavy atom. The molecule has 1 aromatic rings. The summed E-state index contributed by atoms with van der Waals surface area (Å²) in [5, 5.41) is 5.14. The third kappa shape index (κ3) is 4.12. The lowest BCUT2D eigenvalue weighted by Gasteiger charge is -2.27. The van der Waals surface area contributed by atoms with Gasteiger partial charge < -0.3 is 19.7 Å². The van der Waals surface area contributed by atoms with Crippen molar-refractivity contribution in [2.75, 3.05) is 25.1 Å². The second-order valence-electron chi connectivity index (χ2n) is 6.13. The lowest BCUT2D eigenvalue weighted by atomic mass is 10.2. The molecule has 0 bridgehead atoms. The zero-order valence-electron chi connectivity index (χ0n) is 13.8. The summed E-state index contributed by atoms with van der Waals surface area (Å²) in [5.41, 5.74) is 0. The third-order valence-electron chi connectivity index (χ3n) is 4.40. The van der Waals surface area contributed by atoms with E-state index in [2.05, 4.69) is 10.3 Å². The number of likely N-dealkylation sites (tertiary alicyclic amines) is 1. The van der Waals surface area contributed by atoms with Crippen LogP contribution in [0.15, 0.2) is 11.6 Å². The van der Waals surface area contributed by atoms with Crippen LogP contribution in [0.5, 0.6) is 0 Å². The second kappa shape index (κ2) is 8.04. The van der Waals surface area contributed by atoms with Gasteiger partial charge in [0.05, 0.1) is 12.7 Å². The van der Waals surface area contributed by atoms with Gasteiger partial charge in [-0.15, -0.1) is 11.3 Å². The van der Waals surface area contributed by atoms with Crippen LogP contribution < -0.4 is 5.32 Å². The van der Waals surface area contributed by atoms with E-state index < -0.39 is 12.1 Å². The van der Waals surface area contributed by atoms with Crippen LogP contribution in [-0.2, 0) is 19.1 Å². The van der Waals surface area contributed by atoms with Crippen LogP contribution >= 0.6 is 11.3 Å². The zero-order valence-corrected chi connectivity index (χ0v) is 14.6. The molecule has 0 aromatic carbocycles. The number of nitrogens with one attached hydrogen (secondary N) is 1. The van der Waals surface area contributed by atoms with Gasteiger partial charge >= 0.3 is 0 Å². The minimum Gasteiger partial charge on any atom is -0.376 e. The summed E-state index contributed by atoms with van der Waals surface area (Å²) in [6.07, 6.45) is 4.66. The number of aromatic nitrogens is 1. The molecular weight excluding hydrogens is 330 g/mol. The Morgan fingerprint density at radius 3 is 3.08 bits per heavy atom. The number of carbonyl (C=O) groups excluding carboxylic acids is 2. The minimum absolute atomic E-state index is 0.0860. The van der Waals surface area contributed by atoms with Crippen LogP contribution in [-0.4, -0.2) is 59.7 Å². The maximum absolute atomic E-state index is 12.6. The molecular formula is C16H23N3O4S. The maximum atomic E-state index is 12.6. The van der Waals surface area contributed by atoms with E-state index in [1.54, 1.807) is 23.4 Å². The molecule has 1 N–H and O–H groups in total. The Kier molecular flexibility index (Phi) is 5.80. The Labute approximate surface area is 145 Å². The summed E-state index contributed by atoms with van der Waals surface area (Å²) in [6.45, 7) is 3.52. The van der Waals surface area contributed by atoms with Gasteiger partial charge in [-0.05, 0) is 32.6 Å². The fourth-order valence-electron chi connectivity index (χ4n) is 3.11. The van der Waals surface area contributed by atoms with Gasteiger partial charge in [0.15, 0.2) is 5.13 Å². The summed E-state index contributed by atoms with van der Waals surface area (Å²) >= 11 is 1.36. The Balaban J connectivity index is 1.53. The number of rotatable bonds is 6. The number of anilines is 1. The standard InChI is InChI=1S/C16H23N3O4S/c1-11(23-10-12-4-3-8-22-12)15(21)19-7-2-5-13(19)14(20)18-16-17-6-9-24-16/h6,9,11-13H,2-5,7-8,10H2,1H3,(H,17,18,20). The molecule has 24 heavy (non-hydrogen) atoms. The second-order valence-corrected chi connectivity index (χ2v) is 7.02. The van der Waals surface area contributed by atoms with E-state index in [0.717, 1.165) is 25.9 Å². The minimum atomic E-state index is -0.567. The number of hydrogen-bond acceptors (Lipinski definition) is 6. The molecule has 0 saturated carbocycles. The van der Waals surface area contributed by atoms with Crippen molar-refractivity contribution in [3.63, 3.8) is 0 Å². The van der Waals surface area contributed by atoms with Crippen molar-refractivity contribution in [1.29, 1.82) is 0 Å². The van der Waals surface area contributed by atoms with Gasteiger partial charge in [-0.25, -0.2) is 4.98 Å². The van der Waals surface area contributed by atoms with E-state index in [9.17, 15) is 9.59 Å². The SMILES string of the molecule is CC(OCC1CCCO1)C(=O)N1CCCC1C(=O)Nc1nccs1. The highest BCUT2D eigenvalue weighted by Crippen LogP contribution is 2.22. The van der Waals surface area contributed by atoms with Crippen molar-refractivity contribution in [1.82, 2.24) is 9.88 Å². The van der Waals surface area contributed by atoms with E-state index in [1.165, 1.54) is 11.3 Å². The van der Waals surface area contributed by atoms with E-state index in [4.69, 9.17) is 9.47 Å². The molecule has 2 amide bonds. The van der Waals surface area contributed by atoms with Crippen LogP contribution in [0, 0.1) is 0 Å². The molecule has 3 unspecified atom stereocenters. The first-order valence-electron chi connectivity index (χ1n) is 8.39. The highest BCUT2D eigenvalue weighted by atomic mass is 32.1. The predicted molar refractivity (Wildman–Crippen MR) is 89.9 cm³/mol. The van der Waals surface area contributed by atoms with E-state index in [1.807, 2.05) is 0 Å². The summed E-state index contributed by atoms with van der Waals surface area (Å²) in [6, 6.07) is -0.449. The largest absolute Gasteiger partial charge is 0.376 e. The van der Waals surface area contributed by atoms with E-state index in [-0.39, 0.29) is 17.9 Å². The first-order valence-corrected chi connectivity index (χ1v) is 9.27. The predicted octanol–water partition coefficient (Wildman–Crippen LogP) is 1.66. The Hall–Kier alpha value is -1.51. The average Bonchev–Trinajstić information content (AvgIpc) is 3.32. The lowest BCUT2D eigenvalue weighted by molar-refractivity contribution is -0.147. The smallest absolute Gasteiger partial charge is 0.252 e. The highest BCUT2D eigenvalue weighted by Gasteiger charge is 2.36. The third-order valence-corrected chi connectivity index (χ3v) is 5.09. The van der Waals surface area contributed by atoms with Crippen molar-refractivity contribution >= 4 is 28.3 Å². The molecule has 0 spiro atoms. The summed E-state index contributed by atoms with van der Waals surface area (Å²) in [5.74, 6) is -0.313. The van der Waals surface area contributed by atoms with Crippen molar-refractivity contribution in [2.45, 2.75) is 50.9 Å². The van der Waals surface area contributed by atoms with Crippen LogP contribution in [0.3, 0.4) is 0 Å².